The highest BCUT2D eigenvalue weighted by Gasteiger charge is 2.48. The molecule has 0 spiro atoms. The first-order valence-corrected chi connectivity index (χ1v) is 44.3. The second-order valence-electron chi connectivity index (χ2n) is 34.4. The fourth-order valence-corrected chi connectivity index (χ4v) is 28.2. The molecule has 114 heavy (non-hydrogen) atoms. The molecule has 3 heterocycles. The monoisotopic (exact) mass is 1500 g/mol. The second-order valence-corrected chi connectivity index (χ2v) is 42.0. The molecule has 0 fully saturated rings. The number of fused-ring (bicyclic) bond motifs is 7. The number of nitrogens with zero attached hydrogens (tertiary/aromatic N) is 2. The van der Waals surface area contributed by atoms with E-state index in [1.807, 2.05) is 0 Å². The van der Waals surface area contributed by atoms with Gasteiger partial charge in [-0.1, -0.05) is 390 Å². The molecule has 0 saturated heterocycles. The van der Waals surface area contributed by atoms with Crippen LogP contribution >= 0.6 is 0 Å². The number of rotatable bonds is 14. The van der Waals surface area contributed by atoms with Gasteiger partial charge in [-0.05, 0) is 184 Å². The maximum Gasteiger partial charge on any atom is 0.256 e. The first-order valence-electron chi connectivity index (χ1n) is 40.3. The SMILES string of the molecule is CC(C)(C)c1ccc(N2c3cc(-c4ccc([Si](c5ccccc5)(c5ccccc5)c5cccc(-c6ccccc6)c5)cc4)ccc3B3c4ccc([Si](c5ccccc5)(c5ccccc5)c5cccc(-c6ccccc6)c5)cc4Oc4cc(-n5c6ccc(C(C)(C)C)cc6c6cc(C(C)(C)C)ccc65)cc2c43)c(-c2ccccc2)c1. The summed E-state index contributed by atoms with van der Waals surface area (Å²) in [5.74, 6) is 1.70. The Morgan fingerprint density at radius 3 is 1.11 bits per heavy atom. The molecular formula is C108H91BN2OSi2. The van der Waals surface area contributed by atoms with Crippen LogP contribution in [0.15, 0.2) is 388 Å². The van der Waals surface area contributed by atoms with Crippen LogP contribution in [0.1, 0.15) is 79.0 Å². The third-order valence-corrected chi connectivity index (χ3v) is 33.9. The molecule has 2 aliphatic heterocycles. The molecule has 0 saturated carbocycles. The van der Waals surface area contributed by atoms with Gasteiger partial charge in [0.25, 0.3) is 6.71 Å². The van der Waals surface area contributed by atoms with E-state index in [9.17, 15) is 0 Å². The third-order valence-electron chi connectivity index (χ3n) is 24.4. The average molecular weight is 1500 g/mol. The zero-order valence-corrected chi connectivity index (χ0v) is 68.3. The Hall–Kier alpha value is -12.6. The van der Waals surface area contributed by atoms with Crippen molar-refractivity contribution in [2.45, 2.75) is 78.6 Å². The van der Waals surface area contributed by atoms with Crippen molar-refractivity contribution in [3.05, 3.63) is 405 Å². The van der Waals surface area contributed by atoms with Crippen LogP contribution in [0.2, 0.25) is 0 Å². The van der Waals surface area contributed by atoms with Crippen molar-refractivity contribution in [3.63, 3.8) is 0 Å². The molecular weight excluding hydrogens is 1410 g/mol. The average Bonchev–Trinajstić information content (AvgIpc) is 0.906. The Morgan fingerprint density at radius 1 is 0.254 bits per heavy atom. The van der Waals surface area contributed by atoms with Crippen LogP contribution in [-0.4, -0.2) is 27.4 Å². The van der Waals surface area contributed by atoms with Crippen LogP contribution in [0.25, 0.3) is 72.0 Å². The zero-order chi connectivity index (χ0) is 77.7. The van der Waals surface area contributed by atoms with Crippen LogP contribution in [0.3, 0.4) is 0 Å². The summed E-state index contributed by atoms with van der Waals surface area (Å²) in [6, 6.07) is 148. The lowest BCUT2D eigenvalue weighted by atomic mass is 9.34. The summed E-state index contributed by atoms with van der Waals surface area (Å²) in [4.78, 5) is 2.62. The van der Waals surface area contributed by atoms with Crippen molar-refractivity contribution in [2.75, 3.05) is 4.90 Å². The van der Waals surface area contributed by atoms with Crippen LogP contribution in [0.4, 0.5) is 17.1 Å². The summed E-state index contributed by atoms with van der Waals surface area (Å²) in [5.41, 5.74) is 23.0. The lowest BCUT2D eigenvalue weighted by Gasteiger charge is -2.42. The Kier molecular flexibility index (Phi) is 17.8. The van der Waals surface area contributed by atoms with Gasteiger partial charge in [0.2, 0.25) is 0 Å². The molecule has 0 radical (unpaired) electrons. The normalized spacial score (nSPS) is 12.8. The summed E-state index contributed by atoms with van der Waals surface area (Å²) in [6.07, 6.45) is 0. The molecule has 6 heteroatoms. The molecule has 2 aliphatic rings. The number of benzene rings is 16. The maximum absolute atomic E-state index is 8.07. The van der Waals surface area contributed by atoms with E-state index in [2.05, 4.69) is 460 Å². The van der Waals surface area contributed by atoms with E-state index in [1.54, 1.807) is 0 Å². The smallest absolute Gasteiger partial charge is 0.256 e. The van der Waals surface area contributed by atoms with Gasteiger partial charge >= 0.3 is 0 Å². The van der Waals surface area contributed by atoms with Crippen molar-refractivity contribution < 1.29 is 4.74 Å². The molecule has 1 aromatic heterocycles. The quantitative estimate of drug-likeness (QED) is 0.0797. The van der Waals surface area contributed by atoms with Crippen molar-refractivity contribution in [2.24, 2.45) is 0 Å². The minimum absolute atomic E-state index is 0.0821. The fraction of sp³-hybridized carbons (Fsp3) is 0.111. The maximum atomic E-state index is 8.07. The molecule has 0 unspecified atom stereocenters. The molecule has 0 bridgehead atoms. The first-order chi connectivity index (χ1) is 55.4. The number of hydrogen-bond acceptors (Lipinski definition) is 2. The van der Waals surface area contributed by atoms with Gasteiger partial charge in [0, 0.05) is 33.8 Å². The molecule has 19 rings (SSSR count). The van der Waals surface area contributed by atoms with E-state index in [4.69, 9.17) is 4.74 Å². The summed E-state index contributed by atoms with van der Waals surface area (Å²) < 4.78 is 10.6. The summed E-state index contributed by atoms with van der Waals surface area (Å²) in [7, 11) is -6.21. The minimum Gasteiger partial charge on any atom is -0.458 e. The largest absolute Gasteiger partial charge is 0.458 e. The van der Waals surface area contributed by atoms with E-state index in [1.165, 1.54) is 96.7 Å². The van der Waals surface area contributed by atoms with Crippen LogP contribution in [-0.2, 0) is 16.2 Å². The molecule has 0 aliphatic carbocycles. The predicted octanol–water partition coefficient (Wildman–Crippen LogP) is 20.5. The highest BCUT2D eigenvalue weighted by Crippen LogP contribution is 2.49. The van der Waals surface area contributed by atoms with E-state index >= 15 is 0 Å². The van der Waals surface area contributed by atoms with E-state index < -0.39 is 16.1 Å². The minimum atomic E-state index is -3.21. The van der Waals surface area contributed by atoms with E-state index in [0.717, 1.165) is 78.5 Å². The number of aromatic nitrogens is 1. The van der Waals surface area contributed by atoms with E-state index in [-0.39, 0.29) is 23.0 Å². The standard InChI is InChI=1S/C108H91BN2OSi2/c1-106(2,3)81-54-62-98(93(68-81)77-37-21-12-22-38-77)111-101-67-80(76-51-57-89(58-52-76)113(85-41-23-13-24-42-85,86-43-25-14-26-44-86)90-49-31-39-78(65-90)74-33-17-10-18-34-74)53-60-96(101)109-97-61-59-92(114(87-45-27-15-28-46-87,88-47-29-16-30-48-88)91-50-32-40-79(66-91)75-35-19-11-20-36-75)73-103(97)112-104-72-84(71-102(111)105(104)109)110-99-63-55-82(107(4,5)6)69-94(99)95-70-83(108(7,8)9)56-64-100(95)110/h10-73H,1-9H3. The number of ether oxygens (including phenoxy) is 1. The Bertz CT molecular complexity index is 6330. The van der Waals surface area contributed by atoms with Gasteiger partial charge < -0.3 is 14.2 Å². The molecule has 0 amide bonds. The van der Waals surface area contributed by atoms with Crippen molar-refractivity contribution >= 4 is 120 Å². The van der Waals surface area contributed by atoms with E-state index in [0.29, 0.717) is 0 Å². The van der Waals surface area contributed by atoms with Gasteiger partial charge in [0.15, 0.2) is 16.1 Å². The third kappa shape index (κ3) is 12.2. The van der Waals surface area contributed by atoms with Crippen LogP contribution < -0.4 is 67.5 Å². The summed E-state index contributed by atoms with van der Waals surface area (Å²) in [6.45, 7) is 20.7. The lowest BCUT2D eigenvalue weighted by Crippen LogP contribution is -2.75. The molecule has 16 aromatic carbocycles. The van der Waals surface area contributed by atoms with Crippen LogP contribution in [0.5, 0.6) is 11.5 Å². The molecule has 0 N–H and O–H groups in total. The van der Waals surface area contributed by atoms with Gasteiger partial charge in [-0.2, -0.15) is 0 Å². The Labute approximate surface area is 674 Å². The summed E-state index contributed by atoms with van der Waals surface area (Å²) in [5, 5.41) is 12.9. The molecule has 3 nitrogen and oxygen atoms in total. The van der Waals surface area contributed by atoms with Crippen molar-refractivity contribution in [1.29, 1.82) is 0 Å². The summed E-state index contributed by atoms with van der Waals surface area (Å²) >= 11 is 0. The van der Waals surface area contributed by atoms with Gasteiger partial charge in [0.05, 0.1) is 22.4 Å². The first kappa shape index (κ1) is 71.7. The van der Waals surface area contributed by atoms with Gasteiger partial charge in [0.1, 0.15) is 11.5 Å². The van der Waals surface area contributed by atoms with Gasteiger partial charge in [-0.15, -0.1) is 0 Å². The lowest BCUT2D eigenvalue weighted by molar-refractivity contribution is 0.487. The number of anilines is 3. The van der Waals surface area contributed by atoms with Crippen LogP contribution in [0, 0.1) is 0 Å². The topological polar surface area (TPSA) is 17.4 Å². The van der Waals surface area contributed by atoms with Gasteiger partial charge in [-0.25, -0.2) is 0 Å². The highest BCUT2D eigenvalue weighted by atomic mass is 28.3. The number of hydrogen-bond donors (Lipinski definition) is 0. The molecule has 0 atom stereocenters. The fourth-order valence-electron chi connectivity index (χ4n) is 18.6. The highest BCUT2D eigenvalue weighted by molar-refractivity contribution is 7.20. The molecule has 17 aromatic rings. The Balaban J connectivity index is 0.886. The van der Waals surface area contributed by atoms with Crippen molar-refractivity contribution in [3.8, 4) is 61.7 Å². The molecule has 550 valence electrons. The zero-order valence-electron chi connectivity index (χ0n) is 66.3. The van der Waals surface area contributed by atoms with Gasteiger partial charge in [-0.3, -0.25) is 0 Å². The predicted molar refractivity (Wildman–Crippen MR) is 492 cm³/mol. The second kappa shape index (κ2) is 28.3. The van der Waals surface area contributed by atoms with Crippen molar-refractivity contribution in [1.82, 2.24) is 4.57 Å². The Morgan fingerprint density at radius 2 is 0.623 bits per heavy atom.